The van der Waals surface area contributed by atoms with E-state index in [1.165, 1.54) is 0 Å². The molecule has 0 saturated carbocycles. The van der Waals surface area contributed by atoms with Crippen molar-refractivity contribution in [2.75, 3.05) is 6.61 Å². The number of aryl methyl sites for hydroxylation is 1. The lowest BCUT2D eigenvalue weighted by atomic mass is 10.1. The Kier molecular flexibility index (Phi) is 7.17. The predicted octanol–water partition coefficient (Wildman–Crippen LogP) is 4.18. The normalized spacial score (nSPS) is 10.8. The van der Waals surface area contributed by atoms with E-state index in [0.717, 1.165) is 16.7 Å². The number of carbonyl (C=O) groups excluding carboxylic acids is 1. The molecule has 6 nitrogen and oxygen atoms in total. The monoisotopic (exact) mass is 399 g/mol. The fourth-order valence-corrected chi connectivity index (χ4v) is 2.78. The predicted molar refractivity (Wildman–Crippen MR) is 107 cm³/mol. The van der Waals surface area contributed by atoms with E-state index in [-0.39, 0.29) is 12.3 Å². The van der Waals surface area contributed by atoms with Crippen molar-refractivity contribution in [3.63, 3.8) is 0 Å². The van der Waals surface area contributed by atoms with Crippen molar-refractivity contribution in [2.45, 2.75) is 32.9 Å². The molecule has 28 heavy (non-hydrogen) atoms. The maximum Gasteiger partial charge on any atom is 0.227 e. The number of nitrogens with one attached hydrogen (secondary N) is 1. The molecular formula is C21H22ClN3O3. The van der Waals surface area contributed by atoms with E-state index in [0.29, 0.717) is 42.9 Å². The van der Waals surface area contributed by atoms with E-state index in [9.17, 15) is 4.79 Å². The Balaban J connectivity index is 1.49. The molecule has 0 bridgehead atoms. The molecule has 0 unspecified atom stereocenters. The van der Waals surface area contributed by atoms with Gasteiger partial charge in [-0.2, -0.15) is 4.98 Å². The van der Waals surface area contributed by atoms with Gasteiger partial charge in [0.05, 0.1) is 6.61 Å². The van der Waals surface area contributed by atoms with Gasteiger partial charge in [0.2, 0.25) is 17.6 Å². The Bertz CT molecular complexity index is 909. The number of hydrogen-bond donors (Lipinski definition) is 1. The zero-order valence-electron chi connectivity index (χ0n) is 15.7. The number of amides is 1. The standard InChI is InChI=1S/C21H22ClN3O3/c1-2-27-14-17-6-4-3-5-16(17)13-23-19(26)11-12-20-24-21(25-28-20)15-7-9-18(22)10-8-15/h3-10H,2,11-14H2,1H3,(H,23,26). The first kappa shape index (κ1) is 20.0. The minimum atomic E-state index is -0.0718. The molecule has 0 aliphatic heterocycles. The van der Waals surface area contributed by atoms with Crippen LogP contribution in [0.15, 0.2) is 53.1 Å². The summed E-state index contributed by atoms with van der Waals surface area (Å²) in [5, 5.41) is 7.53. The average Bonchev–Trinajstić information content (AvgIpc) is 3.19. The summed E-state index contributed by atoms with van der Waals surface area (Å²) in [4.78, 5) is 16.5. The van der Waals surface area contributed by atoms with Gasteiger partial charge in [-0.25, -0.2) is 0 Å². The van der Waals surface area contributed by atoms with Gasteiger partial charge in [0.25, 0.3) is 0 Å². The summed E-state index contributed by atoms with van der Waals surface area (Å²) in [6, 6.07) is 15.1. The number of benzene rings is 2. The molecular weight excluding hydrogens is 378 g/mol. The van der Waals surface area contributed by atoms with Crippen molar-refractivity contribution in [1.82, 2.24) is 15.5 Å². The molecule has 1 aromatic heterocycles. The van der Waals surface area contributed by atoms with Crippen molar-refractivity contribution < 1.29 is 14.1 Å². The van der Waals surface area contributed by atoms with E-state index in [1.807, 2.05) is 43.3 Å². The van der Waals surface area contributed by atoms with Crippen molar-refractivity contribution in [1.29, 1.82) is 0 Å². The highest BCUT2D eigenvalue weighted by molar-refractivity contribution is 6.30. The molecule has 3 aromatic rings. The lowest BCUT2D eigenvalue weighted by Gasteiger charge is -2.10. The topological polar surface area (TPSA) is 77.2 Å². The van der Waals surface area contributed by atoms with Crippen LogP contribution >= 0.6 is 11.6 Å². The maximum atomic E-state index is 12.2. The number of hydrogen-bond acceptors (Lipinski definition) is 5. The minimum absolute atomic E-state index is 0.0718. The van der Waals surface area contributed by atoms with Gasteiger partial charge in [-0.1, -0.05) is 41.0 Å². The van der Waals surface area contributed by atoms with Gasteiger partial charge in [-0.15, -0.1) is 0 Å². The molecule has 0 atom stereocenters. The molecule has 0 saturated heterocycles. The van der Waals surface area contributed by atoms with E-state index < -0.39 is 0 Å². The van der Waals surface area contributed by atoms with E-state index in [4.69, 9.17) is 20.9 Å². The summed E-state index contributed by atoms with van der Waals surface area (Å²) >= 11 is 5.88. The summed E-state index contributed by atoms with van der Waals surface area (Å²) in [6.45, 7) is 3.61. The van der Waals surface area contributed by atoms with Crippen LogP contribution in [0.3, 0.4) is 0 Å². The van der Waals surface area contributed by atoms with Gasteiger partial charge in [0.1, 0.15) is 0 Å². The number of ether oxygens (including phenoxy) is 1. The second-order valence-electron chi connectivity index (χ2n) is 6.20. The summed E-state index contributed by atoms with van der Waals surface area (Å²) in [6.07, 6.45) is 0.656. The first-order chi connectivity index (χ1) is 13.7. The average molecular weight is 400 g/mol. The van der Waals surface area contributed by atoms with Crippen LogP contribution < -0.4 is 5.32 Å². The highest BCUT2D eigenvalue weighted by Gasteiger charge is 2.11. The van der Waals surface area contributed by atoms with Crippen LogP contribution in [0, 0.1) is 0 Å². The smallest absolute Gasteiger partial charge is 0.227 e. The molecule has 0 aliphatic carbocycles. The molecule has 0 aliphatic rings. The molecule has 1 heterocycles. The quantitative estimate of drug-likeness (QED) is 0.584. The van der Waals surface area contributed by atoms with Crippen LogP contribution in [-0.4, -0.2) is 22.7 Å². The van der Waals surface area contributed by atoms with E-state index in [2.05, 4.69) is 15.5 Å². The Hall–Kier alpha value is -2.70. The Morgan fingerprint density at radius 2 is 1.89 bits per heavy atom. The van der Waals surface area contributed by atoms with Gasteiger partial charge in [0.15, 0.2) is 0 Å². The van der Waals surface area contributed by atoms with Crippen LogP contribution in [0.2, 0.25) is 5.02 Å². The van der Waals surface area contributed by atoms with Crippen LogP contribution in [0.5, 0.6) is 0 Å². The van der Waals surface area contributed by atoms with Gasteiger partial charge < -0.3 is 14.6 Å². The first-order valence-corrected chi connectivity index (χ1v) is 9.53. The number of carbonyl (C=O) groups is 1. The molecule has 3 rings (SSSR count). The minimum Gasteiger partial charge on any atom is -0.377 e. The SMILES string of the molecule is CCOCc1ccccc1CNC(=O)CCc1nc(-c2ccc(Cl)cc2)no1. The fourth-order valence-electron chi connectivity index (χ4n) is 2.66. The van der Waals surface area contributed by atoms with E-state index in [1.54, 1.807) is 12.1 Å². The van der Waals surface area contributed by atoms with Crippen molar-refractivity contribution in [3.8, 4) is 11.4 Å². The van der Waals surface area contributed by atoms with E-state index >= 15 is 0 Å². The van der Waals surface area contributed by atoms with Crippen molar-refractivity contribution in [3.05, 3.63) is 70.6 Å². The summed E-state index contributed by atoms with van der Waals surface area (Å²) in [5.41, 5.74) is 2.94. The number of rotatable bonds is 9. The second-order valence-corrected chi connectivity index (χ2v) is 6.64. The fraction of sp³-hybridized carbons (Fsp3) is 0.286. The summed E-state index contributed by atoms with van der Waals surface area (Å²) in [7, 11) is 0. The molecule has 0 radical (unpaired) electrons. The zero-order valence-corrected chi connectivity index (χ0v) is 16.4. The Labute approximate surface area is 168 Å². The third-order valence-electron chi connectivity index (χ3n) is 4.19. The second kappa shape index (κ2) is 10.0. The summed E-state index contributed by atoms with van der Waals surface area (Å²) < 4.78 is 10.7. The Morgan fingerprint density at radius 1 is 1.14 bits per heavy atom. The van der Waals surface area contributed by atoms with Gasteiger partial charge in [-0.3, -0.25) is 4.79 Å². The lowest BCUT2D eigenvalue weighted by molar-refractivity contribution is -0.121. The van der Waals surface area contributed by atoms with Crippen LogP contribution in [0.4, 0.5) is 0 Å². The molecule has 1 amide bonds. The number of aromatic nitrogens is 2. The van der Waals surface area contributed by atoms with Gasteiger partial charge in [0, 0.05) is 36.6 Å². The molecule has 0 fully saturated rings. The van der Waals surface area contributed by atoms with Crippen molar-refractivity contribution in [2.24, 2.45) is 0 Å². The van der Waals surface area contributed by atoms with Gasteiger partial charge in [-0.05, 0) is 42.3 Å². The molecule has 1 N–H and O–H groups in total. The first-order valence-electron chi connectivity index (χ1n) is 9.15. The number of nitrogens with zero attached hydrogens (tertiary/aromatic N) is 2. The Morgan fingerprint density at radius 3 is 2.64 bits per heavy atom. The van der Waals surface area contributed by atoms with Crippen LogP contribution in [0.1, 0.15) is 30.4 Å². The molecule has 146 valence electrons. The van der Waals surface area contributed by atoms with Crippen LogP contribution in [-0.2, 0) is 29.1 Å². The van der Waals surface area contributed by atoms with Crippen LogP contribution in [0.25, 0.3) is 11.4 Å². The molecule has 0 spiro atoms. The zero-order chi connectivity index (χ0) is 19.8. The third kappa shape index (κ3) is 5.65. The highest BCUT2D eigenvalue weighted by Crippen LogP contribution is 2.19. The van der Waals surface area contributed by atoms with Gasteiger partial charge >= 0.3 is 0 Å². The lowest BCUT2D eigenvalue weighted by Crippen LogP contribution is -2.23. The number of halogens is 1. The molecule has 7 heteroatoms. The third-order valence-corrected chi connectivity index (χ3v) is 4.44. The highest BCUT2D eigenvalue weighted by atomic mass is 35.5. The largest absolute Gasteiger partial charge is 0.377 e. The molecule has 2 aromatic carbocycles. The summed E-state index contributed by atoms with van der Waals surface area (Å²) in [5.74, 6) is 0.839. The maximum absolute atomic E-state index is 12.2. The van der Waals surface area contributed by atoms with Crippen molar-refractivity contribution >= 4 is 17.5 Å².